The lowest BCUT2D eigenvalue weighted by Gasteiger charge is -2.16. The van der Waals surface area contributed by atoms with Gasteiger partial charge in [0.15, 0.2) is 6.10 Å². The van der Waals surface area contributed by atoms with E-state index in [2.05, 4.69) is 11.4 Å². The van der Waals surface area contributed by atoms with Crippen molar-refractivity contribution >= 4 is 17.5 Å². The Morgan fingerprint density at radius 2 is 2.27 bits per heavy atom. The van der Waals surface area contributed by atoms with Crippen LogP contribution in [0.1, 0.15) is 39.0 Å². The fourth-order valence-corrected chi connectivity index (χ4v) is 2.60. The van der Waals surface area contributed by atoms with Crippen LogP contribution in [-0.4, -0.2) is 18.6 Å². The summed E-state index contributed by atoms with van der Waals surface area (Å²) < 4.78 is 18.5. The highest BCUT2D eigenvalue weighted by Gasteiger charge is 2.15. The van der Waals surface area contributed by atoms with Crippen molar-refractivity contribution in [3.8, 4) is 5.75 Å². The molecular weight excluding hydrogens is 305 g/mol. The zero-order valence-electron chi connectivity index (χ0n) is 12.7. The topological polar surface area (TPSA) is 38.3 Å². The van der Waals surface area contributed by atoms with Crippen molar-refractivity contribution in [2.75, 3.05) is 6.54 Å². The van der Waals surface area contributed by atoms with E-state index in [-0.39, 0.29) is 10.9 Å². The maximum Gasteiger partial charge on any atom is 0.260 e. The van der Waals surface area contributed by atoms with Crippen LogP contribution in [0.3, 0.4) is 0 Å². The lowest BCUT2D eigenvalue weighted by Crippen LogP contribution is -2.37. The molecular formula is C17H21ClFNO2. The van der Waals surface area contributed by atoms with Crippen LogP contribution in [0.4, 0.5) is 4.39 Å². The van der Waals surface area contributed by atoms with Crippen LogP contribution in [0.15, 0.2) is 29.8 Å². The summed E-state index contributed by atoms with van der Waals surface area (Å²) in [5, 5.41) is 2.85. The summed E-state index contributed by atoms with van der Waals surface area (Å²) in [4.78, 5) is 12.0. The van der Waals surface area contributed by atoms with Crippen molar-refractivity contribution in [2.45, 2.75) is 45.1 Å². The van der Waals surface area contributed by atoms with Crippen molar-refractivity contribution < 1.29 is 13.9 Å². The van der Waals surface area contributed by atoms with Crippen LogP contribution in [0.25, 0.3) is 0 Å². The molecule has 0 saturated carbocycles. The number of rotatable bonds is 6. The van der Waals surface area contributed by atoms with Crippen LogP contribution in [0, 0.1) is 5.82 Å². The average molecular weight is 326 g/mol. The van der Waals surface area contributed by atoms with Gasteiger partial charge in [-0.1, -0.05) is 23.3 Å². The first kappa shape index (κ1) is 16.8. The van der Waals surface area contributed by atoms with Gasteiger partial charge in [-0.25, -0.2) is 4.39 Å². The number of nitrogens with one attached hydrogen (secondary N) is 1. The van der Waals surface area contributed by atoms with Gasteiger partial charge in [-0.3, -0.25) is 4.79 Å². The minimum Gasteiger partial charge on any atom is -0.481 e. The second-order valence-electron chi connectivity index (χ2n) is 5.49. The summed E-state index contributed by atoms with van der Waals surface area (Å²) in [6.07, 6.45) is 7.30. The predicted octanol–water partition coefficient (Wildman–Crippen LogP) is 4.25. The van der Waals surface area contributed by atoms with E-state index >= 15 is 0 Å². The number of amides is 1. The Hall–Kier alpha value is -1.55. The number of carbonyl (C=O) groups excluding carboxylic acids is 1. The third-order valence-corrected chi connectivity index (χ3v) is 3.99. The van der Waals surface area contributed by atoms with Crippen LogP contribution in [0.2, 0.25) is 5.02 Å². The first-order chi connectivity index (χ1) is 10.6. The number of halogens is 2. The molecule has 2 rings (SSSR count). The Morgan fingerprint density at radius 1 is 1.45 bits per heavy atom. The SMILES string of the molecule is C[C@H](Oc1ccc(F)c(Cl)c1)C(=O)NCCC1=CCCCC1. The normalized spacial score (nSPS) is 15.9. The van der Waals surface area contributed by atoms with E-state index in [0.29, 0.717) is 12.3 Å². The number of carbonyl (C=O) groups is 1. The van der Waals surface area contributed by atoms with E-state index in [1.165, 1.54) is 36.6 Å². The second kappa shape index (κ2) is 8.18. The maximum absolute atomic E-state index is 13.1. The Bertz CT molecular complexity index is 560. The largest absolute Gasteiger partial charge is 0.481 e. The zero-order valence-corrected chi connectivity index (χ0v) is 13.5. The molecule has 0 saturated heterocycles. The zero-order chi connectivity index (χ0) is 15.9. The summed E-state index contributed by atoms with van der Waals surface area (Å²) in [5.41, 5.74) is 1.42. The molecule has 0 unspecified atom stereocenters. The lowest BCUT2D eigenvalue weighted by atomic mass is 9.97. The molecule has 1 aromatic rings. The van der Waals surface area contributed by atoms with Crippen molar-refractivity contribution in [3.05, 3.63) is 40.7 Å². The molecule has 3 nitrogen and oxygen atoms in total. The molecule has 1 atom stereocenters. The highest BCUT2D eigenvalue weighted by molar-refractivity contribution is 6.30. The second-order valence-corrected chi connectivity index (χ2v) is 5.89. The Labute approximate surface area is 135 Å². The summed E-state index contributed by atoms with van der Waals surface area (Å²) in [6, 6.07) is 4.04. The van der Waals surface area contributed by atoms with Gasteiger partial charge in [0.05, 0.1) is 5.02 Å². The first-order valence-corrected chi connectivity index (χ1v) is 8.01. The number of allylic oxidation sites excluding steroid dienone is 1. The number of ether oxygens (including phenoxy) is 1. The van der Waals surface area contributed by atoms with Gasteiger partial charge in [-0.15, -0.1) is 0 Å². The van der Waals surface area contributed by atoms with Crippen molar-refractivity contribution in [1.29, 1.82) is 0 Å². The van der Waals surface area contributed by atoms with E-state index < -0.39 is 11.9 Å². The Morgan fingerprint density at radius 3 is 2.95 bits per heavy atom. The lowest BCUT2D eigenvalue weighted by molar-refractivity contribution is -0.127. The predicted molar refractivity (Wildman–Crippen MR) is 85.7 cm³/mol. The third-order valence-electron chi connectivity index (χ3n) is 3.70. The Balaban J connectivity index is 1.76. The average Bonchev–Trinajstić information content (AvgIpc) is 2.52. The van der Waals surface area contributed by atoms with Gasteiger partial charge in [0.25, 0.3) is 5.91 Å². The molecule has 0 aliphatic heterocycles. The number of hydrogen-bond acceptors (Lipinski definition) is 2. The van der Waals surface area contributed by atoms with Gasteiger partial charge >= 0.3 is 0 Å². The minimum atomic E-state index is -0.651. The van der Waals surface area contributed by atoms with E-state index in [1.54, 1.807) is 6.92 Å². The summed E-state index contributed by atoms with van der Waals surface area (Å²) >= 11 is 5.68. The smallest absolute Gasteiger partial charge is 0.260 e. The number of benzene rings is 1. The van der Waals surface area contributed by atoms with Gasteiger partial charge in [0, 0.05) is 12.6 Å². The highest BCUT2D eigenvalue weighted by atomic mass is 35.5. The monoisotopic (exact) mass is 325 g/mol. The molecule has 0 heterocycles. The molecule has 1 amide bonds. The Kier molecular flexibility index (Phi) is 6.25. The third kappa shape index (κ3) is 5.02. The fourth-order valence-electron chi connectivity index (χ4n) is 2.43. The molecule has 1 N–H and O–H groups in total. The van der Waals surface area contributed by atoms with Gasteiger partial charge in [0.2, 0.25) is 0 Å². The molecule has 0 aromatic heterocycles. The highest BCUT2D eigenvalue weighted by Crippen LogP contribution is 2.22. The molecule has 0 radical (unpaired) electrons. The number of hydrogen-bond donors (Lipinski definition) is 1. The maximum atomic E-state index is 13.1. The van der Waals surface area contributed by atoms with Crippen LogP contribution in [0.5, 0.6) is 5.75 Å². The minimum absolute atomic E-state index is 0.0191. The van der Waals surface area contributed by atoms with Gasteiger partial charge in [0.1, 0.15) is 11.6 Å². The molecule has 1 aliphatic carbocycles. The van der Waals surface area contributed by atoms with Crippen molar-refractivity contribution in [3.63, 3.8) is 0 Å². The molecule has 5 heteroatoms. The van der Waals surface area contributed by atoms with E-state index in [1.807, 2.05) is 0 Å². The molecule has 1 aliphatic rings. The van der Waals surface area contributed by atoms with Crippen LogP contribution < -0.4 is 10.1 Å². The summed E-state index contributed by atoms with van der Waals surface area (Å²) in [5.74, 6) is -0.312. The van der Waals surface area contributed by atoms with E-state index in [9.17, 15) is 9.18 Å². The van der Waals surface area contributed by atoms with Crippen LogP contribution in [-0.2, 0) is 4.79 Å². The fraction of sp³-hybridized carbons (Fsp3) is 0.471. The summed E-state index contributed by atoms with van der Waals surface area (Å²) in [7, 11) is 0. The van der Waals surface area contributed by atoms with E-state index in [4.69, 9.17) is 16.3 Å². The van der Waals surface area contributed by atoms with Gasteiger partial charge in [-0.05, 0) is 51.2 Å². The molecule has 0 bridgehead atoms. The van der Waals surface area contributed by atoms with Gasteiger partial charge < -0.3 is 10.1 Å². The molecule has 120 valence electrons. The standard InChI is InChI=1S/C17H21ClFNO2/c1-12(22-14-7-8-16(19)15(18)11-14)17(21)20-10-9-13-5-3-2-4-6-13/h5,7-8,11-12H,2-4,6,9-10H2,1H3,(H,20,21)/t12-/m0/s1. The summed E-state index contributed by atoms with van der Waals surface area (Å²) in [6.45, 7) is 2.27. The molecule has 0 fully saturated rings. The van der Waals surface area contributed by atoms with Crippen molar-refractivity contribution in [2.24, 2.45) is 0 Å². The van der Waals surface area contributed by atoms with Crippen LogP contribution >= 0.6 is 11.6 Å². The molecule has 0 spiro atoms. The van der Waals surface area contributed by atoms with E-state index in [0.717, 1.165) is 19.3 Å². The quantitative estimate of drug-likeness (QED) is 0.794. The van der Waals surface area contributed by atoms with Crippen molar-refractivity contribution in [1.82, 2.24) is 5.32 Å². The molecule has 22 heavy (non-hydrogen) atoms. The molecule has 1 aromatic carbocycles. The first-order valence-electron chi connectivity index (χ1n) is 7.63. The van der Waals surface area contributed by atoms with Gasteiger partial charge in [-0.2, -0.15) is 0 Å².